The number of nitrogens with zero attached hydrogens (tertiary/aromatic N) is 2. The molecule has 0 fully saturated rings. The van der Waals surface area contributed by atoms with Crippen LogP contribution in [0.15, 0.2) is 46.0 Å². The highest BCUT2D eigenvalue weighted by atomic mass is 19.1. The number of rotatable bonds is 7. The summed E-state index contributed by atoms with van der Waals surface area (Å²) in [5, 5.41) is 6.08. The van der Waals surface area contributed by atoms with Gasteiger partial charge in [0.2, 0.25) is 0 Å². The van der Waals surface area contributed by atoms with E-state index in [4.69, 9.17) is 4.42 Å². The molecule has 1 aromatic heterocycles. The molecule has 0 saturated heterocycles. The molecule has 6 nitrogen and oxygen atoms in total. The van der Waals surface area contributed by atoms with Crippen molar-refractivity contribution >= 4 is 11.9 Å². The number of hydrogen-bond donors (Lipinski definition) is 2. The minimum atomic E-state index is -0.245. The molecule has 1 heterocycles. The first-order valence-electron chi connectivity index (χ1n) is 8.49. The van der Waals surface area contributed by atoms with Crippen molar-refractivity contribution in [3.8, 4) is 0 Å². The van der Waals surface area contributed by atoms with E-state index in [1.807, 2.05) is 18.9 Å². The van der Waals surface area contributed by atoms with E-state index in [1.54, 1.807) is 25.2 Å². The van der Waals surface area contributed by atoms with Crippen LogP contribution in [-0.4, -0.2) is 44.0 Å². The molecule has 0 aliphatic rings. The fourth-order valence-corrected chi connectivity index (χ4v) is 2.50. The topological polar surface area (TPSA) is 69.9 Å². The lowest BCUT2D eigenvalue weighted by molar-refractivity contribution is 0.0925. The fourth-order valence-electron chi connectivity index (χ4n) is 2.50. The van der Waals surface area contributed by atoms with E-state index in [1.165, 1.54) is 18.4 Å². The zero-order chi connectivity index (χ0) is 18.9. The summed E-state index contributed by atoms with van der Waals surface area (Å²) in [6, 6.07) is 8.17. The number of benzene rings is 1. The summed E-state index contributed by atoms with van der Waals surface area (Å²) >= 11 is 0. The van der Waals surface area contributed by atoms with Crippen molar-refractivity contribution in [2.24, 2.45) is 4.99 Å². The van der Waals surface area contributed by atoms with Gasteiger partial charge in [0.05, 0.1) is 6.26 Å². The van der Waals surface area contributed by atoms with Crippen molar-refractivity contribution in [3.05, 3.63) is 59.3 Å². The minimum Gasteiger partial charge on any atom is -0.459 e. The van der Waals surface area contributed by atoms with Gasteiger partial charge >= 0.3 is 0 Å². The van der Waals surface area contributed by atoms with Gasteiger partial charge in [-0.25, -0.2) is 4.39 Å². The summed E-state index contributed by atoms with van der Waals surface area (Å²) in [4.78, 5) is 18.1. The van der Waals surface area contributed by atoms with E-state index in [2.05, 4.69) is 15.6 Å². The normalized spacial score (nSPS) is 11.3. The van der Waals surface area contributed by atoms with Crippen LogP contribution < -0.4 is 10.6 Å². The smallest absolute Gasteiger partial charge is 0.287 e. The molecule has 1 aromatic carbocycles. The molecule has 0 bridgehead atoms. The van der Waals surface area contributed by atoms with E-state index in [0.717, 1.165) is 23.5 Å². The van der Waals surface area contributed by atoms with Crippen LogP contribution in [0, 0.1) is 12.7 Å². The van der Waals surface area contributed by atoms with Crippen LogP contribution in [0.25, 0.3) is 0 Å². The van der Waals surface area contributed by atoms with E-state index in [0.29, 0.717) is 25.4 Å². The molecular formula is C19H25FN4O2. The molecule has 0 saturated carbocycles. The van der Waals surface area contributed by atoms with Crippen LogP contribution >= 0.6 is 0 Å². The summed E-state index contributed by atoms with van der Waals surface area (Å²) in [6.45, 7) is 3.65. The molecule has 26 heavy (non-hydrogen) atoms. The van der Waals surface area contributed by atoms with Crippen LogP contribution in [0.4, 0.5) is 4.39 Å². The highest BCUT2D eigenvalue weighted by Crippen LogP contribution is 2.08. The van der Waals surface area contributed by atoms with Gasteiger partial charge in [0.15, 0.2) is 11.7 Å². The summed E-state index contributed by atoms with van der Waals surface area (Å²) < 4.78 is 18.1. The summed E-state index contributed by atoms with van der Waals surface area (Å²) in [5.74, 6) is 0.645. The third kappa shape index (κ3) is 5.61. The maximum absolute atomic E-state index is 13.0. The Kier molecular flexibility index (Phi) is 7.20. The highest BCUT2D eigenvalue weighted by molar-refractivity contribution is 5.92. The monoisotopic (exact) mass is 360 g/mol. The van der Waals surface area contributed by atoms with E-state index >= 15 is 0 Å². The zero-order valence-electron chi connectivity index (χ0n) is 15.4. The van der Waals surface area contributed by atoms with Crippen LogP contribution in [0.2, 0.25) is 0 Å². The molecule has 0 aliphatic heterocycles. The molecule has 1 amide bonds. The molecule has 140 valence electrons. The molecule has 0 radical (unpaired) electrons. The van der Waals surface area contributed by atoms with Gasteiger partial charge in [0.1, 0.15) is 5.82 Å². The third-order valence-electron chi connectivity index (χ3n) is 3.90. The lowest BCUT2D eigenvalue weighted by atomic mass is 10.2. The average Bonchev–Trinajstić information content (AvgIpc) is 3.06. The Morgan fingerprint density at radius 2 is 1.88 bits per heavy atom. The number of halogens is 1. The Morgan fingerprint density at radius 1 is 1.19 bits per heavy atom. The van der Waals surface area contributed by atoms with E-state index in [-0.39, 0.29) is 11.7 Å². The van der Waals surface area contributed by atoms with Crippen LogP contribution in [-0.2, 0) is 6.54 Å². The number of nitrogens with one attached hydrogen (secondary N) is 2. The lowest BCUT2D eigenvalue weighted by Crippen LogP contribution is -2.39. The minimum absolute atomic E-state index is 0.203. The number of carbonyl (C=O) groups is 1. The number of aryl methyl sites for hydroxylation is 1. The van der Waals surface area contributed by atoms with Crippen LogP contribution in [0.1, 0.15) is 28.1 Å². The summed E-state index contributed by atoms with van der Waals surface area (Å²) in [6.07, 6.45) is 2.25. The van der Waals surface area contributed by atoms with Crippen molar-refractivity contribution < 1.29 is 13.6 Å². The number of hydrogen-bond acceptors (Lipinski definition) is 3. The predicted molar refractivity (Wildman–Crippen MR) is 99.6 cm³/mol. The maximum Gasteiger partial charge on any atom is 0.287 e. The van der Waals surface area contributed by atoms with Crippen LogP contribution in [0.3, 0.4) is 0 Å². The molecule has 0 aliphatic carbocycles. The molecule has 0 spiro atoms. The maximum atomic E-state index is 13.0. The second-order valence-corrected chi connectivity index (χ2v) is 6.00. The first-order chi connectivity index (χ1) is 12.5. The molecule has 2 aromatic rings. The van der Waals surface area contributed by atoms with Gasteiger partial charge in [-0.15, -0.1) is 0 Å². The van der Waals surface area contributed by atoms with E-state index < -0.39 is 0 Å². The third-order valence-corrected chi connectivity index (χ3v) is 3.90. The number of guanidine groups is 1. The SMILES string of the molecule is CN=C(NCCCNC(=O)c1occc1C)N(C)Cc1ccc(F)cc1. The number of furan rings is 1. The molecule has 2 rings (SSSR count). The summed E-state index contributed by atoms with van der Waals surface area (Å²) in [7, 11) is 3.63. The second-order valence-electron chi connectivity index (χ2n) is 6.00. The molecule has 0 unspecified atom stereocenters. The molecule has 2 N–H and O–H groups in total. The average molecular weight is 360 g/mol. The van der Waals surface area contributed by atoms with Crippen molar-refractivity contribution in [1.29, 1.82) is 0 Å². The number of carbonyl (C=O) groups excluding carboxylic acids is 1. The molecule has 7 heteroatoms. The molecule has 0 atom stereocenters. The van der Waals surface area contributed by atoms with Crippen LogP contribution in [0.5, 0.6) is 0 Å². The van der Waals surface area contributed by atoms with Crippen molar-refractivity contribution in [3.63, 3.8) is 0 Å². The molecular weight excluding hydrogens is 335 g/mol. The van der Waals surface area contributed by atoms with Crippen molar-refractivity contribution in [2.75, 3.05) is 27.2 Å². The first-order valence-corrected chi connectivity index (χ1v) is 8.49. The van der Waals surface area contributed by atoms with Crippen molar-refractivity contribution in [1.82, 2.24) is 15.5 Å². The zero-order valence-corrected chi connectivity index (χ0v) is 15.4. The van der Waals surface area contributed by atoms with Gasteiger partial charge in [0, 0.05) is 39.3 Å². The second kappa shape index (κ2) is 9.60. The lowest BCUT2D eigenvalue weighted by Gasteiger charge is -2.22. The Hall–Kier alpha value is -2.83. The Labute approximate surface area is 153 Å². The van der Waals surface area contributed by atoms with E-state index in [9.17, 15) is 9.18 Å². The van der Waals surface area contributed by atoms with Gasteiger partial charge in [-0.2, -0.15) is 0 Å². The quantitative estimate of drug-likeness (QED) is 0.452. The summed E-state index contributed by atoms with van der Waals surface area (Å²) in [5.41, 5.74) is 1.82. The highest BCUT2D eigenvalue weighted by Gasteiger charge is 2.11. The van der Waals surface area contributed by atoms with Gasteiger partial charge < -0.3 is 20.0 Å². The van der Waals surface area contributed by atoms with Gasteiger partial charge in [-0.3, -0.25) is 9.79 Å². The van der Waals surface area contributed by atoms with Gasteiger partial charge in [0.25, 0.3) is 5.91 Å². The number of amides is 1. The fraction of sp³-hybridized carbons (Fsp3) is 0.368. The first kappa shape index (κ1) is 19.5. The Morgan fingerprint density at radius 3 is 2.50 bits per heavy atom. The Balaban J connectivity index is 1.70. The van der Waals surface area contributed by atoms with Crippen molar-refractivity contribution in [2.45, 2.75) is 19.9 Å². The standard InChI is InChI=1S/C19H25FN4O2/c1-14-9-12-26-17(14)18(25)22-10-4-11-23-19(21-2)24(3)13-15-5-7-16(20)8-6-15/h5-9,12H,4,10-11,13H2,1-3H3,(H,21,23)(H,22,25). The van der Waals surface area contributed by atoms with Gasteiger partial charge in [-0.1, -0.05) is 12.1 Å². The predicted octanol–water partition coefficient (Wildman–Crippen LogP) is 2.55. The van der Waals surface area contributed by atoms with Gasteiger partial charge in [-0.05, 0) is 37.1 Å². The largest absolute Gasteiger partial charge is 0.459 e. The number of aliphatic imine (C=N–C) groups is 1. The Bertz CT molecular complexity index is 740.